The smallest absolute Gasteiger partial charge is 0.00519 e. The van der Waals surface area contributed by atoms with E-state index in [1.54, 1.807) is 0 Å². The molecule has 0 unspecified atom stereocenters. The molecule has 0 rings (SSSR count). The molecule has 0 aromatic heterocycles. The van der Waals surface area contributed by atoms with Gasteiger partial charge in [0, 0.05) is 0 Å². The van der Waals surface area contributed by atoms with Crippen molar-refractivity contribution in [3.63, 3.8) is 0 Å². The Kier molecular flexibility index (Phi) is 17.9. The second-order valence-electron chi connectivity index (χ2n) is 5.69. The molecule has 0 radical (unpaired) electrons. The monoisotopic (exact) mass is 279 g/mol. The topological polar surface area (TPSA) is 12.0 Å². The Labute approximate surface area is 127 Å². The summed E-state index contributed by atoms with van der Waals surface area (Å²) >= 11 is 0. The first-order valence-electron chi connectivity index (χ1n) is 8.86. The van der Waals surface area contributed by atoms with Gasteiger partial charge in [0.25, 0.3) is 0 Å². The Hall–Kier alpha value is -0.560. The maximum Gasteiger partial charge on any atom is -0.00519 e. The summed E-state index contributed by atoms with van der Waals surface area (Å²) in [4.78, 5) is 0. The number of rotatable bonds is 15. The lowest BCUT2D eigenvalue weighted by atomic mass is 10.1. The van der Waals surface area contributed by atoms with Crippen molar-refractivity contribution in [2.45, 2.75) is 84.0 Å². The van der Waals surface area contributed by atoms with Crippen LogP contribution in [0.5, 0.6) is 0 Å². The molecule has 0 fully saturated rings. The first-order valence-corrected chi connectivity index (χ1v) is 8.86. The Morgan fingerprint density at radius 1 is 0.650 bits per heavy atom. The molecular weight excluding hydrogens is 242 g/mol. The largest absolute Gasteiger partial charge is 0.320 e. The minimum Gasteiger partial charge on any atom is -0.320 e. The molecule has 0 aromatic carbocycles. The van der Waals surface area contributed by atoms with Gasteiger partial charge in [0.05, 0.1) is 0 Å². The third-order valence-corrected chi connectivity index (χ3v) is 3.63. The lowest BCUT2D eigenvalue weighted by Gasteiger charge is -2.00. The van der Waals surface area contributed by atoms with Crippen molar-refractivity contribution in [3.8, 4) is 0 Å². The predicted octanol–water partition coefficient (Wildman–Crippen LogP) is 6.02. The maximum absolute atomic E-state index is 3.20. The van der Waals surface area contributed by atoms with Gasteiger partial charge in [-0.1, -0.05) is 69.8 Å². The molecule has 1 nitrogen and oxygen atoms in total. The lowest BCUT2D eigenvalue weighted by Crippen LogP contribution is -2.06. The van der Waals surface area contributed by atoms with Gasteiger partial charge in [-0.15, -0.1) is 0 Å². The standard InChI is InChI=1S/C19H37N/c1-3-4-5-6-7-8-9-10-11-12-13-14-15-16-17-18-19-20-2/h7-8,10-11,20H,3-6,9,12-19H2,1-2H3/b8-7+,11-10+. The van der Waals surface area contributed by atoms with Crippen molar-refractivity contribution >= 4 is 0 Å². The molecule has 20 heavy (non-hydrogen) atoms. The molecule has 1 N–H and O–H groups in total. The van der Waals surface area contributed by atoms with Gasteiger partial charge in [-0.2, -0.15) is 0 Å². The van der Waals surface area contributed by atoms with Crippen LogP contribution in [0.2, 0.25) is 0 Å². The number of hydrogen-bond acceptors (Lipinski definition) is 1. The van der Waals surface area contributed by atoms with Gasteiger partial charge < -0.3 is 5.32 Å². The molecule has 0 atom stereocenters. The molecule has 0 saturated carbocycles. The fraction of sp³-hybridized carbons (Fsp3) is 0.789. The summed E-state index contributed by atoms with van der Waals surface area (Å²) in [6.45, 7) is 3.43. The van der Waals surface area contributed by atoms with E-state index >= 15 is 0 Å². The fourth-order valence-electron chi connectivity index (χ4n) is 2.29. The maximum atomic E-state index is 3.20. The summed E-state index contributed by atoms with van der Waals surface area (Å²) in [6, 6.07) is 0. The highest BCUT2D eigenvalue weighted by Crippen LogP contribution is 2.07. The number of allylic oxidation sites excluding steroid dienone is 4. The van der Waals surface area contributed by atoms with Crippen molar-refractivity contribution in [3.05, 3.63) is 24.3 Å². The molecule has 0 bridgehead atoms. The van der Waals surface area contributed by atoms with E-state index < -0.39 is 0 Å². The summed E-state index contributed by atoms with van der Waals surface area (Å²) in [5.41, 5.74) is 0. The van der Waals surface area contributed by atoms with Crippen molar-refractivity contribution in [1.82, 2.24) is 5.32 Å². The van der Waals surface area contributed by atoms with Crippen LogP contribution in [0.3, 0.4) is 0 Å². The van der Waals surface area contributed by atoms with Crippen LogP contribution in [0.1, 0.15) is 84.0 Å². The molecule has 118 valence electrons. The van der Waals surface area contributed by atoms with E-state index in [9.17, 15) is 0 Å². The first kappa shape index (κ1) is 19.4. The summed E-state index contributed by atoms with van der Waals surface area (Å²) in [5, 5.41) is 3.20. The number of hydrogen-bond donors (Lipinski definition) is 1. The molecule has 0 heterocycles. The molecule has 0 aliphatic rings. The summed E-state index contributed by atoms with van der Waals surface area (Å²) in [5.74, 6) is 0. The average Bonchev–Trinajstić information content (AvgIpc) is 2.47. The minimum absolute atomic E-state index is 1.12. The Morgan fingerprint density at radius 2 is 1.20 bits per heavy atom. The van der Waals surface area contributed by atoms with Gasteiger partial charge in [0.2, 0.25) is 0 Å². The number of nitrogens with one attached hydrogen (secondary N) is 1. The summed E-state index contributed by atoms with van der Waals surface area (Å²) < 4.78 is 0. The van der Waals surface area contributed by atoms with Crippen LogP contribution in [-0.4, -0.2) is 13.6 Å². The van der Waals surface area contributed by atoms with E-state index in [-0.39, 0.29) is 0 Å². The zero-order valence-corrected chi connectivity index (χ0v) is 14.0. The highest BCUT2D eigenvalue weighted by Gasteiger charge is 1.89. The van der Waals surface area contributed by atoms with Crippen molar-refractivity contribution in [1.29, 1.82) is 0 Å². The van der Waals surface area contributed by atoms with E-state index in [2.05, 4.69) is 36.5 Å². The van der Waals surface area contributed by atoms with Crippen molar-refractivity contribution < 1.29 is 0 Å². The third-order valence-electron chi connectivity index (χ3n) is 3.63. The van der Waals surface area contributed by atoms with Crippen LogP contribution >= 0.6 is 0 Å². The molecular formula is C19H37N. The highest BCUT2D eigenvalue weighted by atomic mass is 14.8. The molecule has 0 amide bonds. The van der Waals surface area contributed by atoms with Gasteiger partial charge in [-0.3, -0.25) is 0 Å². The molecule has 0 spiro atoms. The van der Waals surface area contributed by atoms with Gasteiger partial charge in [0.15, 0.2) is 0 Å². The Bertz CT molecular complexity index is 218. The first-order chi connectivity index (χ1) is 9.91. The van der Waals surface area contributed by atoms with Gasteiger partial charge in [0.1, 0.15) is 0 Å². The Morgan fingerprint density at radius 3 is 1.80 bits per heavy atom. The molecule has 1 heteroatoms. The molecule has 0 aliphatic heterocycles. The van der Waals surface area contributed by atoms with Crippen LogP contribution in [0.15, 0.2) is 24.3 Å². The second kappa shape index (κ2) is 18.4. The van der Waals surface area contributed by atoms with Crippen molar-refractivity contribution in [2.24, 2.45) is 0 Å². The number of unbranched alkanes of at least 4 members (excludes halogenated alkanes) is 9. The predicted molar refractivity (Wildman–Crippen MR) is 93.3 cm³/mol. The molecule has 0 aromatic rings. The second-order valence-corrected chi connectivity index (χ2v) is 5.69. The van der Waals surface area contributed by atoms with Gasteiger partial charge in [-0.05, 0) is 52.1 Å². The van der Waals surface area contributed by atoms with Crippen LogP contribution in [0, 0.1) is 0 Å². The van der Waals surface area contributed by atoms with Crippen LogP contribution < -0.4 is 5.32 Å². The van der Waals surface area contributed by atoms with Gasteiger partial charge in [-0.25, -0.2) is 0 Å². The third kappa shape index (κ3) is 17.4. The van der Waals surface area contributed by atoms with Crippen LogP contribution in [-0.2, 0) is 0 Å². The fourth-order valence-corrected chi connectivity index (χ4v) is 2.29. The van der Waals surface area contributed by atoms with E-state index in [0.29, 0.717) is 0 Å². The SMILES string of the molecule is CCCCC/C=C/C/C=C/CCCCCCCCNC. The van der Waals surface area contributed by atoms with Crippen molar-refractivity contribution in [2.75, 3.05) is 13.6 Å². The van der Waals surface area contributed by atoms with E-state index in [1.165, 1.54) is 77.2 Å². The van der Waals surface area contributed by atoms with Crippen LogP contribution in [0.4, 0.5) is 0 Å². The molecule has 0 aliphatic carbocycles. The van der Waals surface area contributed by atoms with Crippen LogP contribution in [0.25, 0.3) is 0 Å². The lowest BCUT2D eigenvalue weighted by molar-refractivity contribution is 0.584. The summed E-state index contributed by atoms with van der Waals surface area (Å²) in [6.07, 6.45) is 25.3. The Balaban J connectivity index is 3.12. The van der Waals surface area contributed by atoms with E-state index in [4.69, 9.17) is 0 Å². The quantitative estimate of drug-likeness (QED) is 0.285. The zero-order valence-electron chi connectivity index (χ0n) is 14.0. The summed E-state index contributed by atoms with van der Waals surface area (Å²) in [7, 11) is 2.03. The van der Waals surface area contributed by atoms with Gasteiger partial charge >= 0.3 is 0 Å². The van der Waals surface area contributed by atoms with E-state index in [1.807, 2.05) is 7.05 Å². The average molecular weight is 280 g/mol. The highest BCUT2D eigenvalue weighted by molar-refractivity contribution is 4.92. The molecule has 0 saturated heterocycles. The normalized spacial score (nSPS) is 11.9. The van der Waals surface area contributed by atoms with E-state index in [0.717, 1.165) is 6.42 Å². The zero-order chi connectivity index (χ0) is 14.7. The minimum atomic E-state index is 1.12.